The summed E-state index contributed by atoms with van der Waals surface area (Å²) in [4.78, 5) is 9.91. The van der Waals surface area contributed by atoms with E-state index in [9.17, 15) is 4.89 Å². The summed E-state index contributed by atoms with van der Waals surface area (Å²) in [6.07, 6.45) is 6.10. The second kappa shape index (κ2) is 3.87. The molecule has 0 saturated heterocycles. The summed E-state index contributed by atoms with van der Waals surface area (Å²) in [6, 6.07) is 0. The van der Waals surface area contributed by atoms with Crippen LogP contribution >= 0.6 is 6.83 Å². The quantitative estimate of drug-likeness (QED) is 0.507. The van der Waals surface area contributed by atoms with Crippen molar-refractivity contribution in [2.75, 3.05) is 26.2 Å². The first-order valence-corrected chi connectivity index (χ1v) is 8.28. The fourth-order valence-corrected chi connectivity index (χ4v) is 2.40. The van der Waals surface area contributed by atoms with Crippen molar-refractivity contribution in [2.45, 2.75) is 32.6 Å². The second-order valence-electron chi connectivity index (χ2n) is 4.82. The van der Waals surface area contributed by atoms with Crippen LogP contribution in [0.1, 0.15) is 32.6 Å². The van der Waals surface area contributed by atoms with Gasteiger partial charge in [0.15, 0.2) is 0 Å². The third kappa shape index (κ3) is 10.4. The average Bonchev–Trinajstić information content (AvgIpc) is 1.76. The minimum absolute atomic E-state index is 1.03. The van der Waals surface area contributed by atoms with Crippen LogP contribution in [0.2, 0.25) is 0 Å². The Balaban J connectivity index is 3.40. The van der Waals surface area contributed by atoms with E-state index in [1.54, 1.807) is 0 Å². The molecule has 1 N–H and O–H groups in total. The van der Waals surface area contributed by atoms with Crippen molar-refractivity contribution < 1.29 is 4.89 Å². The Morgan fingerprint density at radius 3 is 1.91 bits per heavy atom. The third-order valence-corrected chi connectivity index (χ3v) is 3.64. The topological polar surface area (TPSA) is 20.2 Å². The molecule has 0 fully saturated rings. The molecule has 0 atom stereocenters. The van der Waals surface area contributed by atoms with Gasteiger partial charge in [0, 0.05) is 0 Å². The first kappa shape index (κ1) is 11.4. The van der Waals surface area contributed by atoms with Gasteiger partial charge in [0.25, 0.3) is 0 Å². The summed E-state index contributed by atoms with van der Waals surface area (Å²) in [5.41, 5.74) is 0. The molecule has 1 nitrogen and oxygen atoms in total. The molecule has 0 aromatic heterocycles. The summed E-state index contributed by atoms with van der Waals surface area (Å²) >= 11 is 0. The molecule has 0 rings (SSSR count). The van der Waals surface area contributed by atoms with Gasteiger partial charge in [-0.15, -0.1) is 0 Å². The van der Waals surface area contributed by atoms with E-state index in [1.807, 2.05) is 20.0 Å². The van der Waals surface area contributed by atoms with Gasteiger partial charge < -0.3 is 0 Å². The van der Waals surface area contributed by atoms with Crippen molar-refractivity contribution in [3.8, 4) is 0 Å². The Morgan fingerprint density at radius 2 is 1.55 bits per heavy atom. The Morgan fingerprint density at radius 1 is 1.00 bits per heavy atom. The molecule has 2 heteroatoms. The molecular weight excluding hydrogens is 155 g/mol. The van der Waals surface area contributed by atoms with E-state index in [0.717, 1.165) is 6.16 Å². The van der Waals surface area contributed by atoms with Crippen molar-refractivity contribution in [3.63, 3.8) is 0 Å². The predicted molar refractivity (Wildman–Crippen MR) is 55.9 cm³/mol. The Bertz CT molecular complexity index is 103. The number of rotatable bonds is 5. The summed E-state index contributed by atoms with van der Waals surface area (Å²) in [7, 11) is 0. The van der Waals surface area contributed by atoms with Crippen molar-refractivity contribution >= 4 is 6.83 Å². The molecule has 0 amide bonds. The molecule has 0 radical (unpaired) electrons. The molecular formula is C9H23OP. The van der Waals surface area contributed by atoms with Gasteiger partial charge >= 0.3 is 70.5 Å². The molecule has 0 unspecified atom stereocenters. The maximum absolute atomic E-state index is 9.91. The van der Waals surface area contributed by atoms with Crippen LogP contribution in [0.5, 0.6) is 0 Å². The van der Waals surface area contributed by atoms with Gasteiger partial charge in [0.1, 0.15) is 0 Å². The van der Waals surface area contributed by atoms with Crippen LogP contribution in [0.15, 0.2) is 0 Å². The summed E-state index contributed by atoms with van der Waals surface area (Å²) < 4.78 is 0. The SMILES string of the molecule is CCCCCCP(C)(C)(C)O. The zero-order valence-corrected chi connectivity index (χ0v) is 9.32. The van der Waals surface area contributed by atoms with Crippen LogP contribution in [-0.2, 0) is 0 Å². The van der Waals surface area contributed by atoms with Crippen LogP contribution in [0.4, 0.5) is 0 Å². The molecule has 0 spiro atoms. The van der Waals surface area contributed by atoms with Crippen molar-refractivity contribution in [1.82, 2.24) is 0 Å². The maximum atomic E-state index is 9.91. The van der Waals surface area contributed by atoms with Crippen LogP contribution in [-0.4, -0.2) is 31.0 Å². The number of hydrogen-bond acceptors (Lipinski definition) is 1. The molecule has 0 saturated carbocycles. The second-order valence-corrected chi connectivity index (χ2v) is 11.3. The standard InChI is InChI=1S/C9H23OP/c1-5-6-7-8-9-11(2,3,4)10/h10H,5-9H2,1-4H3. The van der Waals surface area contributed by atoms with Gasteiger partial charge in [0.05, 0.1) is 0 Å². The van der Waals surface area contributed by atoms with Crippen molar-refractivity contribution in [3.05, 3.63) is 0 Å². The molecule has 0 aliphatic carbocycles. The zero-order chi connectivity index (χ0) is 8.98. The normalized spacial score (nSPS) is 15.9. The van der Waals surface area contributed by atoms with E-state index in [2.05, 4.69) is 6.92 Å². The summed E-state index contributed by atoms with van der Waals surface area (Å²) in [6.45, 7) is 6.13. The van der Waals surface area contributed by atoms with E-state index in [1.165, 1.54) is 25.7 Å². The fourth-order valence-electron chi connectivity index (χ4n) is 1.08. The van der Waals surface area contributed by atoms with Gasteiger partial charge in [-0.3, -0.25) is 0 Å². The first-order chi connectivity index (χ1) is 4.81. The van der Waals surface area contributed by atoms with E-state index in [4.69, 9.17) is 0 Å². The van der Waals surface area contributed by atoms with Crippen LogP contribution in [0, 0.1) is 0 Å². The minimum atomic E-state index is -2.16. The van der Waals surface area contributed by atoms with Gasteiger partial charge in [-0.05, 0) is 0 Å². The Kier molecular flexibility index (Phi) is 4.00. The monoisotopic (exact) mass is 178 g/mol. The number of unbranched alkanes of at least 4 members (excludes halogenated alkanes) is 3. The molecule has 0 aromatic carbocycles. The molecule has 0 aromatic rings. The van der Waals surface area contributed by atoms with Crippen LogP contribution in [0.3, 0.4) is 0 Å². The van der Waals surface area contributed by atoms with E-state index >= 15 is 0 Å². The molecule has 11 heavy (non-hydrogen) atoms. The van der Waals surface area contributed by atoms with Gasteiger partial charge in [-0.2, -0.15) is 0 Å². The van der Waals surface area contributed by atoms with E-state index in [0.29, 0.717) is 0 Å². The Hall–Kier alpha value is 0.390. The summed E-state index contributed by atoms with van der Waals surface area (Å²) in [5.74, 6) is 0. The summed E-state index contributed by atoms with van der Waals surface area (Å²) in [5, 5.41) is 0. The van der Waals surface area contributed by atoms with Gasteiger partial charge in [-0.1, -0.05) is 0 Å². The van der Waals surface area contributed by atoms with E-state index < -0.39 is 6.83 Å². The fraction of sp³-hybridized carbons (Fsp3) is 1.00. The predicted octanol–water partition coefficient (Wildman–Crippen LogP) is 2.92. The molecule has 0 aliphatic rings. The van der Waals surface area contributed by atoms with Crippen molar-refractivity contribution in [1.29, 1.82) is 0 Å². The molecule has 0 aliphatic heterocycles. The number of hydrogen-bond donors (Lipinski definition) is 1. The zero-order valence-electron chi connectivity index (χ0n) is 8.43. The van der Waals surface area contributed by atoms with Gasteiger partial charge in [0.2, 0.25) is 0 Å². The molecule has 0 bridgehead atoms. The van der Waals surface area contributed by atoms with Crippen LogP contribution < -0.4 is 0 Å². The first-order valence-electron chi connectivity index (χ1n) is 4.56. The van der Waals surface area contributed by atoms with Crippen LogP contribution in [0.25, 0.3) is 0 Å². The van der Waals surface area contributed by atoms with Crippen molar-refractivity contribution in [2.24, 2.45) is 0 Å². The van der Waals surface area contributed by atoms with E-state index in [-0.39, 0.29) is 0 Å². The molecule has 70 valence electrons. The third-order valence-electron chi connectivity index (χ3n) is 1.78. The van der Waals surface area contributed by atoms with Gasteiger partial charge in [-0.25, -0.2) is 0 Å². The molecule has 0 heterocycles. The average molecular weight is 178 g/mol. The Labute approximate surface area is 71.2 Å².